The van der Waals surface area contributed by atoms with E-state index < -0.39 is 0 Å². The van der Waals surface area contributed by atoms with Crippen LogP contribution in [-0.2, 0) is 11.2 Å². The summed E-state index contributed by atoms with van der Waals surface area (Å²) < 4.78 is 1.04. The summed E-state index contributed by atoms with van der Waals surface area (Å²) in [6.07, 6.45) is 1.89. The van der Waals surface area contributed by atoms with Gasteiger partial charge < -0.3 is 4.79 Å². The van der Waals surface area contributed by atoms with Gasteiger partial charge in [0.2, 0.25) is 0 Å². The Bertz CT molecular complexity index is 307. The Morgan fingerprint density at radius 1 is 1.33 bits per heavy atom. The van der Waals surface area contributed by atoms with Gasteiger partial charge in [0.25, 0.3) is 0 Å². The van der Waals surface area contributed by atoms with Gasteiger partial charge in [-0.2, -0.15) is 0 Å². The van der Waals surface area contributed by atoms with Crippen LogP contribution in [0.1, 0.15) is 15.9 Å². The highest BCUT2D eigenvalue weighted by Gasteiger charge is 2.00. The quantitative estimate of drug-likeness (QED) is 0.622. The highest BCUT2D eigenvalue weighted by Crippen LogP contribution is 2.12. The minimum absolute atomic E-state index is 0.310. The van der Waals surface area contributed by atoms with E-state index in [1.165, 1.54) is 0 Å². The van der Waals surface area contributed by atoms with Gasteiger partial charge in [-0.3, -0.25) is 4.79 Å². The van der Waals surface area contributed by atoms with E-state index in [0.717, 1.165) is 21.7 Å². The van der Waals surface area contributed by atoms with Gasteiger partial charge in [-0.05, 0) is 40.3 Å². The predicted molar refractivity (Wildman–Crippen MR) is 54.3 cm³/mol. The van der Waals surface area contributed by atoms with E-state index in [0.29, 0.717) is 12.0 Å². The van der Waals surface area contributed by atoms with E-state index in [4.69, 9.17) is 0 Å². The summed E-state index contributed by atoms with van der Waals surface area (Å²) >= 11 is 2.15. The SMILES string of the molecule is O=CCc1cc(I)ccc1C=O. The van der Waals surface area contributed by atoms with Gasteiger partial charge in [0.1, 0.15) is 12.6 Å². The number of halogens is 1. The van der Waals surface area contributed by atoms with Crippen LogP contribution in [0.4, 0.5) is 0 Å². The van der Waals surface area contributed by atoms with Crippen LogP contribution in [0.2, 0.25) is 0 Å². The lowest BCUT2D eigenvalue weighted by Gasteiger charge is -1.99. The highest BCUT2D eigenvalue weighted by molar-refractivity contribution is 14.1. The van der Waals surface area contributed by atoms with E-state index in [2.05, 4.69) is 22.6 Å². The van der Waals surface area contributed by atoms with Crippen LogP contribution in [-0.4, -0.2) is 12.6 Å². The number of aldehydes is 2. The zero-order chi connectivity index (χ0) is 8.97. The summed E-state index contributed by atoms with van der Waals surface area (Å²) in [6.45, 7) is 0. The van der Waals surface area contributed by atoms with Crippen molar-refractivity contribution in [3.05, 3.63) is 32.9 Å². The smallest absolute Gasteiger partial charge is 0.150 e. The van der Waals surface area contributed by atoms with Crippen LogP contribution < -0.4 is 0 Å². The number of rotatable bonds is 3. The van der Waals surface area contributed by atoms with Crippen LogP contribution in [0.3, 0.4) is 0 Å². The van der Waals surface area contributed by atoms with Gasteiger partial charge in [-0.1, -0.05) is 6.07 Å². The van der Waals surface area contributed by atoms with Crippen molar-refractivity contribution in [1.82, 2.24) is 0 Å². The maximum absolute atomic E-state index is 10.5. The van der Waals surface area contributed by atoms with Crippen LogP contribution >= 0.6 is 22.6 Å². The number of hydrogen-bond donors (Lipinski definition) is 0. The molecule has 0 aliphatic heterocycles. The Labute approximate surface area is 84.1 Å². The molecule has 1 aromatic carbocycles. The fourth-order valence-electron chi connectivity index (χ4n) is 0.956. The topological polar surface area (TPSA) is 34.1 Å². The van der Waals surface area contributed by atoms with Crippen molar-refractivity contribution in [3.63, 3.8) is 0 Å². The molecule has 2 nitrogen and oxygen atoms in total. The monoisotopic (exact) mass is 274 g/mol. The molecule has 0 saturated carbocycles. The first-order chi connectivity index (χ1) is 5.77. The fourth-order valence-corrected chi connectivity index (χ4v) is 1.51. The maximum Gasteiger partial charge on any atom is 0.150 e. The van der Waals surface area contributed by atoms with Crippen molar-refractivity contribution in [2.24, 2.45) is 0 Å². The molecule has 0 radical (unpaired) electrons. The molecular weight excluding hydrogens is 267 g/mol. The van der Waals surface area contributed by atoms with Gasteiger partial charge in [-0.25, -0.2) is 0 Å². The second kappa shape index (κ2) is 4.35. The average Bonchev–Trinajstić information content (AvgIpc) is 2.05. The Morgan fingerprint density at radius 2 is 2.08 bits per heavy atom. The summed E-state index contributed by atoms with van der Waals surface area (Å²) in [5.41, 5.74) is 1.40. The van der Waals surface area contributed by atoms with Crippen LogP contribution in [0, 0.1) is 3.57 Å². The standard InChI is InChI=1S/C9H7IO2/c10-9-2-1-8(6-12)7(5-9)3-4-11/h1-2,4-6H,3H2. The number of carbonyl (C=O) groups is 2. The highest BCUT2D eigenvalue weighted by atomic mass is 127. The summed E-state index contributed by atoms with van der Waals surface area (Å²) in [4.78, 5) is 20.7. The molecule has 0 heterocycles. The van der Waals surface area contributed by atoms with Crippen molar-refractivity contribution in [2.45, 2.75) is 6.42 Å². The number of hydrogen-bond acceptors (Lipinski definition) is 2. The summed E-state index contributed by atoms with van der Waals surface area (Å²) in [5, 5.41) is 0. The molecule has 0 atom stereocenters. The first kappa shape index (κ1) is 9.38. The third kappa shape index (κ3) is 2.14. The molecule has 0 amide bonds. The Morgan fingerprint density at radius 3 is 2.67 bits per heavy atom. The van der Waals surface area contributed by atoms with Gasteiger partial charge >= 0.3 is 0 Å². The lowest BCUT2D eigenvalue weighted by Crippen LogP contribution is -1.94. The van der Waals surface area contributed by atoms with Crippen molar-refractivity contribution in [2.75, 3.05) is 0 Å². The first-order valence-electron chi connectivity index (χ1n) is 3.45. The van der Waals surface area contributed by atoms with Gasteiger partial charge in [0.15, 0.2) is 0 Å². The molecule has 0 saturated heterocycles. The normalized spacial score (nSPS) is 9.42. The van der Waals surface area contributed by atoms with Crippen LogP contribution in [0.15, 0.2) is 18.2 Å². The van der Waals surface area contributed by atoms with Crippen LogP contribution in [0.25, 0.3) is 0 Å². The Balaban J connectivity index is 3.11. The number of carbonyl (C=O) groups excluding carboxylic acids is 2. The molecule has 0 unspecified atom stereocenters. The van der Waals surface area contributed by atoms with Crippen molar-refractivity contribution < 1.29 is 9.59 Å². The molecule has 0 aromatic heterocycles. The van der Waals surface area contributed by atoms with E-state index in [1.807, 2.05) is 12.1 Å². The lowest BCUT2D eigenvalue weighted by atomic mass is 10.1. The zero-order valence-corrected chi connectivity index (χ0v) is 8.45. The third-order valence-electron chi connectivity index (χ3n) is 1.54. The van der Waals surface area contributed by atoms with Crippen molar-refractivity contribution in [1.29, 1.82) is 0 Å². The van der Waals surface area contributed by atoms with E-state index in [-0.39, 0.29) is 0 Å². The molecule has 1 rings (SSSR count). The van der Waals surface area contributed by atoms with Crippen molar-refractivity contribution >= 4 is 35.2 Å². The second-order valence-corrected chi connectivity index (χ2v) is 3.58. The molecule has 0 bridgehead atoms. The number of benzene rings is 1. The summed E-state index contributed by atoms with van der Waals surface area (Å²) in [6, 6.07) is 5.42. The van der Waals surface area contributed by atoms with Gasteiger partial charge in [-0.15, -0.1) is 0 Å². The molecule has 1 aromatic rings. The fraction of sp³-hybridized carbons (Fsp3) is 0.111. The van der Waals surface area contributed by atoms with Crippen molar-refractivity contribution in [3.8, 4) is 0 Å². The molecular formula is C9H7IO2. The second-order valence-electron chi connectivity index (χ2n) is 2.33. The third-order valence-corrected chi connectivity index (χ3v) is 2.21. The molecule has 0 N–H and O–H groups in total. The molecule has 12 heavy (non-hydrogen) atoms. The molecule has 62 valence electrons. The zero-order valence-electron chi connectivity index (χ0n) is 6.29. The minimum atomic E-state index is 0.310. The average molecular weight is 274 g/mol. The minimum Gasteiger partial charge on any atom is -0.303 e. The van der Waals surface area contributed by atoms with E-state index in [1.54, 1.807) is 6.07 Å². The molecule has 3 heteroatoms. The maximum atomic E-state index is 10.5. The lowest BCUT2D eigenvalue weighted by molar-refractivity contribution is -0.107. The molecule has 0 fully saturated rings. The van der Waals surface area contributed by atoms with Gasteiger partial charge in [0.05, 0.1) is 0 Å². The largest absolute Gasteiger partial charge is 0.303 e. The van der Waals surface area contributed by atoms with Gasteiger partial charge in [0, 0.05) is 15.6 Å². The predicted octanol–water partition coefficient (Wildman–Crippen LogP) is 1.85. The first-order valence-corrected chi connectivity index (χ1v) is 4.53. The summed E-state index contributed by atoms with van der Waals surface area (Å²) in [7, 11) is 0. The molecule has 0 aliphatic rings. The van der Waals surface area contributed by atoms with E-state index >= 15 is 0 Å². The molecule has 0 aliphatic carbocycles. The Hall–Kier alpha value is -0.710. The van der Waals surface area contributed by atoms with Crippen LogP contribution in [0.5, 0.6) is 0 Å². The molecule has 0 spiro atoms. The Kier molecular flexibility index (Phi) is 3.40. The summed E-state index contributed by atoms with van der Waals surface area (Å²) in [5.74, 6) is 0. The van der Waals surface area contributed by atoms with E-state index in [9.17, 15) is 9.59 Å².